The lowest BCUT2D eigenvalue weighted by Gasteiger charge is -2.22. The second-order valence-corrected chi connectivity index (χ2v) is 4.87. The van der Waals surface area contributed by atoms with Crippen LogP contribution >= 0.6 is 0 Å². The first-order chi connectivity index (χ1) is 8.84. The van der Waals surface area contributed by atoms with Crippen molar-refractivity contribution in [2.45, 2.75) is 37.0 Å². The van der Waals surface area contributed by atoms with Gasteiger partial charge in [-0.3, -0.25) is 4.79 Å². The first-order valence-corrected chi connectivity index (χ1v) is 6.02. The van der Waals surface area contributed by atoms with Crippen LogP contribution in [0.4, 0.5) is 13.2 Å². The first-order valence-electron chi connectivity index (χ1n) is 6.02. The quantitative estimate of drug-likeness (QED) is 0.877. The second kappa shape index (κ2) is 4.85. The summed E-state index contributed by atoms with van der Waals surface area (Å²) in [5.74, 6) is -0.751. The van der Waals surface area contributed by atoms with Gasteiger partial charge in [-0.05, 0) is 24.8 Å². The lowest BCUT2D eigenvalue weighted by atomic mass is 10.1. The van der Waals surface area contributed by atoms with Crippen LogP contribution in [0.3, 0.4) is 0 Å². The number of rotatable bonds is 4. The molecule has 0 aliphatic heterocycles. The van der Waals surface area contributed by atoms with Gasteiger partial charge in [-0.2, -0.15) is 13.2 Å². The summed E-state index contributed by atoms with van der Waals surface area (Å²) in [6.07, 6.45) is -4.32. The number of carbonyl (C=O) groups excluding carboxylic acids is 1. The minimum atomic E-state index is -4.41. The molecule has 2 rings (SSSR count). The van der Waals surface area contributed by atoms with Crippen LogP contribution in [0.25, 0.3) is 0 Å². The predicted molar refractivity (Wildman–Crippen MR) is 64.3 cm³/mol. The van der Waals surface area contributed by atoms with Crippen LogP contribution in [0, 0.1) is 0 Å². The van der Waals surface area contributed by atoms with Crippen molar-refractivity contribution >= 4 is 5.91 Å². The highest BCUT2D eigenvalue weighted by Gasteiger charge is 2.64. The number of hydrogen-bond acceptors (Lipinski definition) is 2. The number of hydrogen-bond donors (Lipinski definition) is 2. The van der Waals surface area contributed by atoms with Gasteiger partial charge in [0, 0.05) is 0 Å². The van der Waals surface area contributed by atoms with Crippen molar-refractivity contribution in [3.63, 3.8) is 0 Å². The van der Waals surface area contributed by atoms with Crippen molar-refractivity contribution in [1.82, 2.24) is 5.32 Å². The molecule has 1 aromatic rings. The fourth-order valence-corrected chi connectivity index (χ4v) is 1.89. The van der Waals surface area contributed by atoms with E-state index in [2.05, 4.69) is 0 Å². The van der Waals surface area contributed by atoms with Gasteiger partial charge < -0.3 is 11.1 Å². The minimum Gasteiger partial charge on any atom is -0.341 e. The van der Waals surface area contributed by atoms with E-state index < -0.39 is 23.7 Å². The number of halogens is 3. The number of benzene rings is 1. The molecule has 1 aromatic carbocycles. The standard InChI is InChI=1S/C13H15F3N2O/c14-13(15,16)12(6-7-12)18-11(19)10(17)8-9-4-2-1-3-5-9/h1-5,10H,6-8,17H2,(H,18,19)/t10-/m1/s1. The molecule has 3 nitrogen and oxygen atoms in total. The Kier molecular flexibility index (Phi) is 3.54. The molecule has 1 fully saturated rings. The van der Waals surface area contributed by atoms with Gasteiger partial charge >= 0.3 is 6.18 Å². The summed E-state index contributed by atoms with van der Waals surface area (Å²) in [4.78, 5) is 11.7. The van der Waals surface area contributed by atoms with E-state index in [9.17, 15) is 18.0 Å². The van der Waals surface area contributed by atoms with E-state index in [0.29, 0.717) is 0 Å². The summed E-state index contributed by atoms with van der Waals surface area (Å²) >= 11 is 0. The van der Waals surface area contributed by atoms with Crippen LogP contribution in [0.15, 0.2) is 30.3 Å². The Labute approximate surface area is 109 Å². The highest BCUT2D eigenvalue weighted by molar-refractivity contribution is 5.83. The molecule has 1 atom stereocenters. The minimum absolute atomic E-state index is 0.0691. The molecule has 1 aliphatic carbocycles. The van der Waals surface area contributed by atoms with Crippen molar-refractivity contribution in [2.75, 3.05) is 0 Å². The van der Waals surface area contributed by atoms with Crippen molar-refractivity contribution in [2.24, 2.45) is 5.73 Å². The summed E-state index contributed by atoms with van der Waals surface area (Å²) in [7, 11) is 0. The van der Waals surface area contributed by atoms with Gasteiger partial charge in [0.05, 0.1) is 6.04 Å². The predicted octanol–water partition coefficient (Wildman–Crippen LogP) is 1.77. The molecule has 1 amide bonds. The van der Waals surface area contributed by atoms with Crippen LogP contribution in [0.1, 0.15) is 18.4 Å². The Morgan fingerprint density at radius 1 is 1.32 bits per heavy atom. The smallest absolute Gasteiger partial charge is 0.341 e. The molecule has 6 heteroatoms. The molecule has 0 saturated heterocycles. The second-order valence-electron chi connectivity index (χ2n) is 4.87. The van der Waals surface area contributed by atoms with E-state index in [-0.39, 0.29) is 19.3 Å². The summed E-state index contributed by atoms with van der Waals surface area (Å²) < 4.78 is 38.1. The third-order valence-corrected chi connectivity index (χ3v) is 3.29. The highest BCUT2D eigenvalue weighted by atomic mass is 19.4. The number of alkyl halides is 3. The highest BCUT2D eigenvalue weighted by Crippen LogP contribution is 2.48. The van der Waals surface area contributed by atoms with Gasteiger partial charge in [0.15, 0.2) is 0 Å². The van der Waals surface area contributed by atoms with Crippen LogP contribution in [0.5, 0.6) is 0 Å². The van der Waals surface area contributed by atoms with E-state index in [1.807, 2.05) is 11.4 Å². The zero-order valence-corrected chi connectivity index (χ0v) is 10.2. The van der Waals surface area contributed by atoms with Gasteiger partial charge in [-0.25, -0.2) is 0 Å². The molecule has 0 unspecified atom stereocenters. The molecule has 1 aliphatic rings. The van der Waals surface area contributed by atoms with Gasteiger partial charge in [0.25, 0.3) is 0 Å². The van der Waals surface area contributed by atoms with Gasteiger partial charge in [0.1, 0.15) is 5.54 Å². The number of carbonyl (C=O) groups is 1. The molecular formula is C13H15F3N2O. The molecule has 1 saturated carbocycles. The normalized spacial score (nSPS) is 18.7. The molecule has 0 bridgehead atoms. The molecule has 104 valence electrons. The lowest BCUT2D eigenvalue weighted by Crippen LogP contribution is -2.53. The summed E-state index contributed by atoms with van der Waals surface area (Å²) in [6, 6.07) is 7.99. The molecule has 0 radical (unpaired) electrons. The van der Waals surface area contributed by atoms with Gasteiger partial charge in [-0.15, -0.1) is 0 Å². The molecule has 19 heavy (non-hydrogen) atoms. The average molecular weight is 272 g/mol. The fraction of sp³-hybridized carbons (Fsp3) is 0.462. The van der Waals surface area contributed by atoms with E-state index in [0.717, 1.165) is 5.56 Å². The van der Waals surface area contributed by atoms with Crippen LogP contribution in [-0.4, -0.2) is 23.7 Å². The molecular weight excluding hydrogens is 257 g/mol. The largest absolute Gasteiger partial charge is 0.411 e. The van der Waals surface area contributed by atoms with Crippen LogP contribution < -0.4 is 11.1 Å². The van der Waals surface area contributed by atoms with Crippen LogP contribution in [-0.2, 0) is 11.2 Å². The van der Waals surface area contributed by atoms with Crippen molar-refractivity contribution in [3.05, 3.63) is 35.9 Å². The van der Waals surface area contributed by atoms with Crippen molar-refractivity contribution in [3.8, 4) is 0 Å². The maximum absolute atomic E-state index is 12.7. The Morgan fingerprint density at radius 3 is 2.37 bits per heavy atom. The van der Waals surface area contributed by atoms with Crippen molar-refractivity contribution < 1.29 is 18.0 Å². The Bertz CT molecular complexity index is 455. The topological polar surface area (TPSA) is 55.1 Å². The average Bonchev–Trinajstić information content (AvgIpc) is 3.10. The lowest BCUT2D eigenvalue weighted by molar-refractivity contribution is -0.170. The Balaban J connectivity index is 1.94. The van der Waals surface area contributed by atoms with E-state index in [4.69, 9.17) is 5.73 Å². The molecule has 0 spiro atoms. The summed E-state index contributed by atoms with van der Waals surface area (Å²) in [6.45, 7) is 0. The maximum atomic E-state index is 12.7. The summed E-state index contributed by atoms with van der Waals surface area (Å²) in [5.41, 5.74) is 4.43. The third kappa shape index (κ3) is 3.07. The first kappa shape index (κ1) is 13.9. The molecule has 0 heterocycles. The SMILES string of the molecule is N[C@H](Cc1ccccc1)C(=O)NC1(C(F)(F)F)CC1. The van der Waals surface area contributed by atoms with Crippen LogP contribution in [0.2, 0.25) is 0 Å². The third-order valence-electron chi connectivity index (χ3n) is 3.29. The van der Waals surface area contributed by atoms with E-state index in [1.165, 1.54) is 0 Å². The zero-order chi connectivity index (χ0) is 14.1. The molecule has 0 aromatic heterocycles. The number of nitrogens with two attached hydrogens (primary N) is 1. The Morgan fingerprint density at radius 2 is 1.89 bits per heavy atom. The Hall–Kier alpha value is -1.56. The fourth-order valence-electron chi connectivity index (χ4n) is 1.89. The number of amides is 1. The van der Waals surface area contributed by atoms with E-state index >= 15 is 0 Å². The maximum Gasteiger partial charge on any atom is 0.411 e. The zero-order valence-electron chi connectivity index (χ0n) is 10.2. The van der Waals surface area contributed by atoms with Gasteiger partial charge in [-0.1, -0.05) is 30.3 Å². The summed E-state index contributed by atoms with van der Waals surface area (Å²) in [5, 5.41) is 2.04. The monoisotopic (exact) mass is 272 g/mol. The van der Waals surface area contributed by atoms with E-state index in [1.54, 1.807) is 24.3 Å². The van der Waals surface area contributed by atoms with Crippen molar-refractivity contribution in [1.29, 1.82) is 0 Å². The van der Waals surface area contributed by atoms with Gasteiger partial charge in [0.2, 0.25) is 5.91 Å². The number of nitrogens with one attached hydrogen (secondary N) is 1. The molecule has 3 N–H and O–H groups in total.